The van der Waals surface area contributed by atoms with Crippen LogP contribution in [0.2, 0.25) is 0 Å². The van der Waals surface area contributed by atoms with Gasteiger partial charge in [-0.2, -0.15) is 0 Å². The summed E-state index contributed by atoms with van der Waals surface area (Å²) in [5.41, 5.74) is 7.09. The van der Waals surface area contributed by atoms with Gasteiger partial charge in [-0.25, -0.2) is 9.69 Å². The first-order chi connectivity index (χ1) is 19.4. The number of imide groups is 1. The standard InChI is InChI=1S/C33H22N2O5/c36-30(34-17-18-9-11-20(12-10-18)33(39)40)19-13-15-21(16-14-19)35-31(37)28-26-22-5-1-2-6-23(22)27(29(28)32(35)38)25-8-4-3-7-24(25)26/h1-16,26-27H,17H2,(H,34,36)(H,39,40). The van der Waals surface area contributed by atoms with Crippen LogP contribution in [-0.4, -0.2) is 28.8 Å². The lowest BCUT2D eigenvalue weighted by Crippen LogP contribution is -2.32. The van der Waals surface area contributed by atoms with Crippen LogP contribution < -0.4 is 10.2 Å². The SMILES string of the molecule is O=C(O)c1ccc(CNC(=O)c2ccc(N3C(=O)C4=C(C3=O)C3c5ccccc5C4c4ccccc43)cc2)cc1. The zero-order chi connectivity index (χ0) is 27.5. The maximum Gasteiger partial charge on any atom is 0.335 e. The molecule has 2 N–H and O–H groups in total. The van der Waals surface area contributed by atoms with Crippen LogP contribution in [0, 0.1) is 0 Å². The largest absolute Gasteiger partial charge is 0.478 e. The molecule has 4 aromatic rings. The molecule has 2 bridgehead atoms. The van der Waals surface area contributed by atoms with E-state index in [1.165, 1.54) is 17.0 Å². The number of nitrogens with zero attached hydrogens (tertiary/aromatic N) is 1. The molecule has 1 aliphatic heterocycles. The summed E-state index contributed by atoms with van der Waals surface area (Å²) < 4.78 is 0. The molecule has 0 spiro atoms. The number of hydrogen-bond donors (Lipinski definition) is 2. The molecule has 0 saturated heterocycles. The van der Waals surface area contributed by atoms with E-state index in [4.69, 9.17) is 5.11 Å². The lowest BCUT2D eigenvalue weighted by molar-refractivity contribution is -0.120. The van der Waals surface area contributed by atoms with Gasteiger partial charge < -0.3 is 10.4 Å². The molecule has 4 aromatic carbocycles. The van der Waals surface area contributed by atoms with E-state index in [-0.39, 0.29) is 41.7 Å². The molecule has 194 valence electrons. The summed E-state index contributed by atoms with van der Waals surface area (Å²) in [5.74, 6) is -2.55. The third kappa shape index (κ3) is 3.44. The van der Waals surface area contributed by atoms with Gasteiger partial charge >= 0.3 is 5.97 Å². The number of aromatic carboxylic acids is 1. The molecule has 40 heavy (non-hydrogen) atoms. The summed E-state index contributed by atoms with van der Waals surface area (Å²) in [6, 6.07) is 28.7. The van der Waals surface area contributed by atoms with Crippen LogP contribution in [0.3, 0.4) is 0 Å². The van der Waals surface area contributed by atoms with Crippen LogP contribution in [0.15, 0.2) is 108 Å². The van der Waals surface area contributed by atoms with Crippen molar-refractivity contribution in [2.24, 2.45) is 0 Å². The average Bonchev–Trinajstić information content (AvgIpc) is 3.26. The number of carboxylic acid groups (broad SMARTS) is 1. The lowest BCUT2D eigenvalue weighted by atomic mass is 9.61. The fraction of sp³-hybridized carbons (Fsp3) is 0.0909. The van der Waals surface area contributed by atoms with Gasteiger partial charge in [0.05, 0.1) is 11.3 Å². The Bertz CT molecular complexity index is 1670. The van der Waals surface area contributed by atoms with Crippen LogP contribution in [0.25, 0.3) is 0 Å². The number of amides is 3. The highest BCUT2D eigenvalue weighted by Gasteiger charge is 2.53. The molecule has 3 aliphatic carbocycles. The Hall–Kier alpha value is -5.30. The predicted octanol–water partition coefficient (Wildman–Crippen LogP) is 4.78. The summed E-state index contributed by atoms with van der Waals surface area (Å²) in [4.78, 5) is 52.7. The fourth-order valence-electron chi connectivity index (χ4n) is 6.20. The first-order valence-corrected chi connectivity index (χ1v) is 12.9. The minimum Gasteiger partial charge on any atom is -0.478 e. The Balaban J connectivity index is 1.13. The van der Waals surface area contributed by atoms with Crippen LogP contribution in [0.5, 0.6) is 0 Å². The second kappa shape index (κ2) is 8.88. The van der Waals surface area contributed by atoms with Gasteiger partial charge in [0.2, 0.25) is 0 Å². The van der Waals surface area contributed by atoms with Crippen LogP contribution in [0.1, 0.15) is 60.4 Å². The molecule has 8 rings (SSSR count). The molecule has 3 amide bonds. The number of carbonyl (C=O) groups excluding carboxylic acids is 3. The number of hydrogen-bond acceptors (Lipinski definition) is 4. The lowest BCUT2D eigenvalue weighted by Gasteiger charge is -2.39. The minimum absolute atomic E-state index is 0.175. The van der Waals surface area contributed by atoms with Crippen molar-refractivity contribution in [1.29, 1.82) is 0 Å². The highest BCUT2D eigenvalue weighted by molar-refractivity contribution is 6.35. The van der Waals surface area contributed by atoms with Crippen LogP contribution in [-0.2, 0) is 16.1 Å². The normalized spacial score (nSPS) is 18.4. The van der Waals surface area contributed by atoms with Crippen molar-refractivity contribution in [1.82, 2.24) is 5.32 Å². The van der Waals surface area contributed by atoms with E-state index < -0.39 is 5.97 Å². The predicted molar refractivity (Wildman–Crippen MR) is 147 cm³/mol. The number of anilines is 1. The van der Waals surface area contributed by atoms with Crippen LogP contribution in [0.4, 0.5) is 5.69 Å². The molecule has 0 fully saturated rings. The van der Waals surface area contributed by atoms with Crippen LogP contribution >= 0.6 is 0 Å². The van der Waals surface area contributed by atoms with E-state index in [9.17, 15) is 19.2 Å². The third-order valence-electron chi connectivity index (χ3n) is 8.01. The molecule has 0 aromatic heterocycles. The first-order valence-electron chi connectivity index (χ1n) is 12.9. The van der Waals surface area contributed by atoms with Gasteiger partial charge in [-0.3, -0.25) is 14.4 Å². The highest BCUT2D eigenvalue weighted by atomic mass is 16.4. The smallest absolute Gasteiger partial charge is 0.335 e. The molecule has 0 saturated carbocycles. The Morgan fingerprint density at radius 2 is 1.10 bits per heavy atom. The molecule has 4 aliphatic rings. The summed E-state index contributed by atoms with van der Waals surface area (Å²) >= 11 is 0. The average molecular weight is 527 g/mol. The van der Waals surface area contributed by atoms with Crippen molar-refractivity contribution in [3.63, 3.8) is 0 Å². The topological polar surface area (TPSA) is 104 Å². The van der Waals surface area contributed by atoms with E-state index in [0.29, 0.717) is 22.4 Å². The van der Waals surface area contributed by atoms with Gasteiger partial charge in [-0.1, -0.05) is 60.7 Å². The summed E-state index contributed by atoms with van der Waals surface area (Å²) in [7, 11) is 0. The second-order valence-corrected chi connectivity index (χ2v) is 10.1. The van der Waals surface area contributed by atoms with Crippen molar-refractivity contribution in [2.75, 3.05) is 4.90 Å². The zero-order valence-corrected chi connectivity index (χ0v) is 21.1. The maximum absolute atomic E-state index is 13.8. The Morgan fingerprint density at radius 1 is 0.650 bits per heavy atom. The Morgan fingerprint density at radius 3 is 1.55 bits per heavy atom. The molecule has 0 unspecified atom stereocenters. The number of carbonyl (C=O) groups is 4. The second-order valence-electron chi connectivity index (χ2n) is 10.1. The van der Waals surface area contributed by atoms with Crippen molar-refractivity contribution in [2.45, 2.75) is 18.4 Å². The van der Waals surface area contributed by atoms with Crippen molar-refractivity contribution >= 4 is 29.4 Å². The number of nitrogens with one attached hydrogen (secondary N) is 1. The van der Waals surface area contributed by atoms with E-state index in [1.54, 1.807) is 36.4 Å². The Kier molecular flexibility index (Phi) is 5.28. The van der Waals surface area contributed by atoms with E-state index in [2.05, 4.69) is 5.32 Å². The fourth-order valence-corrected chi connectivity index (χ4v) is 6.20. The molecular weight excluding hydrogens is 504 g/mol. The summed E-state index contributed by atoms with van der Waals surface area (Å²) in [6.07, 6.45) is 0. The van der Waals surface area contributed by atoms with Crippen molar-refractivity contribution < 1.29 is 24.3 Å². The van der Waals surface area contributed by atoms with Gasteiger partial charge in [0.25, 0.3) is 17.7 Å². The first kappa shape index (κ1) is 23.8. The quantitative estimate of drug-likeness (QED) is 0.365. The molecule has 7 heteroatoms. The molecular formula is C33H22N2O5. The van der Waals surface area contributed by atoms with E-state index in [0.717, 1.165) is 27.8 Å². The van der Waals surface area contributed by atoms with Gasteiger partial charge in [-0.05, 0) is 64.2 Å². The van der Waals surface area contributed by atoms with E-state index >= 15 is 0 Å². The number of benzene rings is 4. The van der Waals surface area contributed by atoms with Gasteiger partial charge in [-0.15, -0.1) is 0 Å². The summed E-state index contributed by atoms with van der Waals surface area (Å²) in [5, 5.41) is 11.8. The molecule has 1 heterocycles. The minimum atomic E-state index is -1.01. The van der Waals surface area contributed by atoms with Crippen molar-refractivity contribution in [3.8, 4) is 0 Å². The van der Waals surface area contributed by atoms with E-state index in [1.807, 2.05) is 48.5 Å². The monoisotopic (exact) mass is 526 g/mol. The molecule has 0 radical (unpaired) electrons. The number of carboxylic acids is 1. The Labute approximate surface area is 229 Å². The number of rotatable bonds is 5. The van der Waals surface area contributed by atoms with Crippen molar-refractivity contribution in [3.05, 3.63) is 147 Å². The molecule has 0 atom stereocenters. The van der Waals surface area contributed by atoms with Gasteiger partial charge in [0.1, 0.15) is 0 Å². The summed E-state index contributed by atoms with van der Waals surface area (Å²) in [6.45, 7) is 0.226. The zero-order valence-electron chi connectivity index (χ0n) is 21.1. The van der Waals surface area contributed by atoms with Gasteiger partial charge in [0, 0.05) is 35.1 Å². The molecule has 7 nitrogen and oxygen atoms in total. The van der Waals surface area contributed by atoms with Gasteiger partial charge in [0.15, 0.2) is 0 Å². The third-order valence-corrected chi connectivity index (χ3v) is 8.01. The maximum atomic E-state index is 13.8. The highest BCUT2D eigenvalue weighted by Crippen LogP contribution is 2.58.